The van der Waals surface area contributed by atoms with Gasteiger partial charge in [-0.05, 0) is 42.3 Å². The Kier molecular flexibility index (Phi) is 6.23. The van der Waals surface area contributed by atoms with E-state index < -0.39 is 26.3 Å². The number of pyridine rings is 1. The van der Waals surface area contributed by atoms with E-state index in [0.29, 0.717) is 5.75 Å². The molecule has 10 nitrogen and oxygen atoms in total. The minimum Gasteiger partial charge on any atom is -0.461 e. The first-order valence-corrected chi connectivity index (χ1v) is 10.3. The first-order valence-electron chi connectivity index (χ1n) is 8.58. The molecule has 156 valence electrons. The van der Waals surface area contributed by atoms with Crippen molar-refractivity contribution in [2.24, 2.45) is 10.3 Å². The quantitative estimate of drug-likeness (QED) is 0.171. The molecule has 2 atom stereocenters. The third kappa shape index (κ3) is 5.20. The molecule has 0 saturated carbocycles. The van der Waals surface area contributed by atoms with E-state index in [0.717, 1.165) is 12.4 Å². The third-order valence-electron chi connectivity index (χ3n) is 3.91. The monoisotopic (exact) mass is 438 g/mol. The van der Waals surface area contributed by atoms with Crippen LogP contribution in [-0.4, -0.2) is 32.0 Å². The summed E-state index contributed by atoms with van der Waals surface area (Å²) >= 11 is 0. The molecule has 0 saturated heterocycles. The Bertz CT molecular complexity index is 1260. The van der Waals surface area contributed by atoms with Crippen LogP contribution in [-0.2, 0) is 9.71 Å². The second-order valence-corrected chi connectivity index (χ2v) is 7.99. The second-order valence-electron chi connectivity index (χ2n) is 6.03. The van der Waals surface area contributed by atoms with Crippen LogP contribution in [0.15, 0.2) is 74.7 Å². The number of hydrogen-bond acceptors (Lipinski definition) is 8. The average Bonchev–Trinajstić information content (AvgIpc) is 3.30. The molecule has 0 aliphatic heterocycles. The molecule has 2 aromatic heterocycles. The number of ether oxygens (including phenoxy) is 1. The summed E-state index contributed by atoms with van der Waals surface area (Å²) in [5.74, 6) is 2.17. The maximum atomic E-state index is 12.8. The van der Waals surface area contributed by atoms with Crippen molar-refractivity contribution in [2.45, 2.75) is 4.90 Å². The van der Waals surface area contributed by atoms with Gasteiger partial charge in [0, 0.05) is 18.3 Å². The Balaban J connectivity index is 1.71. The molecule has 0 N–H and O–H groups in total. The van der Waals surface area contributed by atoms with Crippen LogP contribution < -0.4 is 4.74 Å². The lowest BCUT2D eigenvalue weighted by atomic mass is 10.1. The van der Waals surface area contributed by atoms with E-state index in [9.17, 15) is 24.4 Å². The van der Waals surface area contributed by atoms with Crippen molar-refractivity contribution in [3.63, 3.8) is 0 Å². The first-order chi connectivity index (χ1) is 14.8. The lowest BCUT2D eigenvalue weighted by Gasteiger charge is -2.07. The van der Waals surface area contributed by atoms with Gasteiger partial charge in [-0.3, -0.25) is 14.9 Å². The highest BCUT2D eigenvalue weighted by Gasteiger charge is 2.21. The highest BCUT2D eigenvalue weighted by molar-refractivity contribution is 7.99. The number of carbonyl (C=O) groups excluding carboxylic acids is 1. The molecule has 3 aromatic rings. The first kappa shape index (κ1) is 21.4. The van der Waals surface area contributed by atoms with E-state index in [2.05, 4.69) is 15.3 Å². The number of carbonyl (C=O) groups is 1. The fraction of sp³-hybridized carbons (Fsp3) is 0.0500. The standard InChI is InChI=1S/C20H14N4O6S/c1-31(28,23-12-14(11-21)20(25)18-3-2-10-29-18)17-7-5-16(6-8-17)30-19-9-4-15(13-22-19)24(26)27/h2-10,12-14H,1H2/b23-12+. The molecule has 11 heteroatoms. The number of aromatic nitrogens is 1. The molecule has 0 bridgehead atoms. The topological polar surface area (TPSA) is 149 Å². The lowest BCUT2D eigenvalue weighted by Crippen LogP contribution is -2.14. The van der Waals surface area contributed by atoms with Gasteiger partial charge >= 0.3 is 0 Å². The minimum absolute atomic E-state index is 0.00471. The predicted octanol–water partition coefficient (Wildman–Crippen LogP) is 3.46. The van der Waals surface area contributed by atoms with E-state index in [1.54, 1.807) is 6.07 Å². The van der Waals surface area contributed by atoms with Crippen molar-refractivity contribution in [2.75, 3.05) is 0 Å². The molecular formula is C20H14N4O6S. The lowest BCUT2D eigenvalue weighted by molar-refractivity contribution is -0.385. The number of furan rings is 1. The Hall–Kier alpha value is -4.30. The van der Waals surface area contributed by atoms with Crippen LogP contribution in [0.1, 0.15) is 10.6 Å². The number of nitriles is 1. The van der Waals surface area contributed by atoms with Crippen molar-refractivity contribution in [1.29, 1.82) is 5.26 Å². The molecule has 0 fully saturated rings. The molecular weight excluding hydrogens is 424 g/mol. The van der Waals surface area contributed by atoms with Crippen molar-refractivity contribution in [3.05, 3.63) is 76.9 Å². The Morgan fingerprint density at radius 3 is 2.61 bits per heavy atom. The zero-order valence-electron chi connectivity index (χ0n) is 15.8. The summed E-state index contributed by atoms with van der Waals surface area (Å²) in [6.07, 6.45) is 3.36. The number of rotatable bonds is 8. The summed E-state index contributed by atoms with van der Waals surface area (Å²) in [7, 11) is -3.18. The maximum absolute atomic E-state index is 12.8. The number of benzene rings is 1. The molecule has 3 rings (SSSR count). The molecule has 0 amide bonds. The van der Waals surface area contributed by atoms with Crippen molar-refractivity contribution < 1.29 is 23.1 Å². The van der Waals surface area contributed by atoms with Gasteiger partial charge < -0.3 is 9.15 Å². The number of Topliss-reactive ketones (excluding diaryl/α,β-unsaturated/α-hetero) is 1. The highest BCUT2D eigenvalue weighted by atomic mass is 32.2. The van der Waals surface area contributed by atoms with Gasteiger partial charge in [0.05, 0.1) is 31.9 Å². The van der Waals surface area contributed by atoms with Gasteiger partial charge in [-0.2, -0.15) is 5.26 Å². The zero-order valence-corrected chi connectivity index (χ0v) is 16.6. The predicted molar refractivity (Wildman–Crippen MR) is 112 cm³/mol. The second kappa shape index (κ2) is 9.02. The summed E-state index contributed by atoms with van der Waals surface area (Å²) < 4.78 is 27.1. The summed E-state index contributed by atoms with van der Waals surface area (Å²) in [5, 5.41) is 19.9. The van der Waals surface area contributed by atoms with Crippen LogP contribution in [0.5, 0.6) is 11.6 Å². The van der Waals surface area contributed by atoms with E-state index in [1.807, 2.05) is 0 Å². The Morgan fingerprint density at radius 2 is 2.06 bits per heavy atom. The largest absolute Gasteiger partial charge is 0.461 e. The molecule has 2 heterocycles. The van der Waals surface area contributed by atoms with Crippen molar-refractivity contribution >= 4 is 33.3 Å². The molecule has 0 aliphatic carbocycles. The van der Waals surface area contributed by atoms with Gasteiger partial charge in [0.1, 0.15) is 17.9 Å². The third-order valence-corrected chi connectivity index (χ3v) is 5.38. The summed E-state index contributed by atoms with van der Waals surface area (Å²) in [6, 6.07) is 13.2. The maximum Gasteiger partial charge on any atom is 0.287 e. The number of hydrogen-bond donors (Lipinski definition) is 0. The number of ketones is 1. The SMILES string of the molecule is C=S(=O)(/N=C/C(C#N)C(=O)c1ccco1)c1ccc(Oc2ccc([N+](=O)[O-])cn2)cc1. The molecule has 0 radical (unpaired) electrons. The normalized spacial score (nSPS) is 13.8. The summed E-state index contributed by atoms with van der Waals surface area (Å²) in [4.78, 5) is 26.3. The van der Waals surface area contributed by atoms with Crippen LogP contribution in [0.3, 0.4) is 0 Å². The smallest absolute Gasteiger partial charge is 0.287 e. The Labute approximate surface area is 176 Å². The van der Waals surface area contributed by atoms with Gasteiger partial charge in [0.2, 0.25) is 11.7 Å². The van der Waals surface area contributed by atoms with Gasteiger partial charge in [-0.25, -0.2) is 13.6 Å². The molecule has 0 aliphatic rings. The van der Waals surface area contributed by atoms with E-state index in [1.165, 1.54) is 54.8 Å². The van der Waals surface area contributed by atoms with E-state index in [4.69, 9.17) is 9.15 Å². The molecule has 31 heavy (non-hydrogen) atoms. The Morgan fingerprint density at radius 1 is 1.32 bits per heavy atom. The van der Waals surface area contributed by atoms with Crippen LogP contribution in [0.4, 0.5) is 5.69 Å². The van der Waals surface area contributed by atoms with Gasteiger partial charge in [0.25, 0.3) is 5.69 Å². The molecule has 1 aromatic carbocycles. The van der Waals surface area contributed by atoms with Crippen LogP contribution in [0.25, 0.3) is 0 Å². The fourth-order valence-electron chi connectivity index (χ4n) is 2.33. The van der Waals surface area contributed by atoms with Crippen LogP contribution >= 0.6 is 0 Å². The average molecular weight is 438 g/mol. The van der Waals surface area contributed by atoms with E-state index in [-0.39, 0.29) is 22.2 Å². The minimum atomic E-state index is -3.18. The van der Waals surface area contributed by atoms with Crippen LogP contribution in [0.2, 0.25) is 0 Å². The highest BCUT2D eigenvalue weighted by Crippen LogP contribution is 2.23. The number of nitro groups is 1. The van der Waals surface area contributed by atoms with Crippen LogP contribution in [0, 0.1) is 27.4 Å². The van der Waals surface area contributed by atoms with Crippen molar-refractivity contribution in [1.82, 2.24) is 4.98 Å². The molecule has 0 spiro atoms. The van der Waals surface area contributed by atoms with Gasteiger partial charge in [0.15, 0.2) is 5.76 Å². The summed E-state index contributed by atoms with van der Waals surface area (Å²) in [5.41, 5.74) is -0.168. The van der Waals surface area contributed by atoms with E-state index >= 15 is 0 Å². The summed E-state index contributed by atoms with van der Waals surface area (Å²) in [6.45, 7) is 0. The van der Waals surface area contributed by atoms with Gasteiger partial charge in [-0.15, -0.1) is 0 Å². The molecule has 2 unspecified atom stereocenters. The van der Waals surface area contributed by atoms with Gasteiger partial charge in [-0.1, -0.05) is 0 Å². The zero-order chi connectivity index (χ0) is 22.4. The fourth-order valence-corrected chi connectivity index (χ4v) is 3.34. The van der Waals surface area contributed by atoms with Crippen molar-refractivity contribution in [3.8, 4) is 17.7 Å². The number of nitrogens with zero attached hydrogens (tertiary/aromatic N) is 4.